The Kier molecular flexibility index (Phi) is 13.2. The zero-order valence-electron chi connectivity index (χ0n) is 22.4. The standard InChI is InChI=1S/C30H39ClO6S/c1-4-5-10-22(2)19-26(32)18-15-24-20-28(38(35,36)21-23-13-16-25(31)17-14-23)30(34)27(24)11-8-6-7-9-12-29(33)37-3/h9,11-18,20,22,24,26,32H,4-8,10,19,21H2,1-3H3. The fourth-order valence-electron chi connectivity index (χ4n) is 4.28. The van der Waals surface area contributed by atoms with E-state index in [1.807, 2.05) is 0 Å². The summed E-state index contributed by atoms with van der Waals surface area (Å²) in [5.41, 5.74) is 0.931. The smallest absolute Gasteiger partial charge is 0.330 e. The van der Waals surface area contributed by atoms with Crippen LogP contribution in [0, 0.1) is 11.8 Å². The number of hydrogen-bond donors (Lipinski definition) is 1. The third kappa shape index (κ3) is 10.4. The first-order valence-corrected chi connectivity index (χ1v) is 15.1. The molecule has 1 aliphatic rings. The molecule has 3 unspecified atom stereocenters. The van der Waals surface area contributed by atoms with Crippen molar-refractivity contribution in [2.75, 3.05) is 7.11 Å². The van der Waals surface area contributed by atoms with Crippen molar-refractivity contribution in [1.82, 2.24) is 0 Å². The molecule has 0 saturated heterocycles. The molecular formula is C30H39ClO6S. The molecular weight excluding hydrogens is 524 g/mol. The van der Waals surface area contributed by atoms with Crippen molar-refractivity contribution in [3.63, 3.8) is 0 Å². The van der Waals surface area contributed by atoms with Crippen molar-refractivity contribution in [1.29, 1.82) is 0 Å². The van der Waals surface area contributed by atoms with E-state index in [1.54, 1.807) is 48.6 Å². The molecule has 1 aromatic rings. The SMILES string of the molecule is CCCCC(C)CC(O)C=CC1C=C(S(=O)(=O)Cc2ccc(Cl)cc2)C(=O)C1=CCCCC=CC(=O)OC. The molecule has 6 nitrogen and oxygen atoms in total. The Labute approximate surface area is 232 Å². The summed E-state index contributed by atoms with van der Waals surface area (Å²) in [6.07, 6.45) is 14.7. The highest BCUT2D eigenvalue weighted by molar-refractivity contribution is 7.95. The Morgan fingerprint density at radius 3 is 2.55 bits per heavy atom. The van der Waals surface area contributed by atoms with Crippen LogP contribution in [-0.4, -0.2) is 38.5 Å². The topological polar surface area (TPSA) is 97.7 Å². The van der Waals surface area contributed by atoms with Crippen LogP contribution in [-0.2, 0) is 29.9 Å². The number of ether oxygens (including phenoxy) is 1. The van der Waals surface area contributed by atoms with Crippen LogP contribution in [0.4, 0.5) is 0 Å². The zero-order valence-corrected chi connectivity index (χ0v) is 24.0. The minimum absolute atomic E-state index is 0.218. The lowest BCUT2D eigenvalue weighted by molar-refractivity contribution is -0.134. The van der Waals surface area contributed by atoms with E-state index < -0.39 is 33.6 Å². The lowest BCUT2D eigenvalue weighted by Gasteiger charge is -2.14. The molecule has 38 heavy (non-hydrogen) atoms. The molecule has 0 radical (unpaired) electrons. The lowest BCUT2D eigenvalue weighted by Crippen LogP contribution is -2.14. The van der Waals surface area contributed by atoms with Crippen LogP contribution in [0.15, 0.2) is 71.2 Å². The van der Waals surface area contributed by atoms with Crippen LogP contribution >= 0.6 is 11.6 Å². The first-order valence-electron chi connectivity index (χ1n) is 13.1. The van der Waals surface area contributed by atoms with E-state index in [0.717, 1.165) is 19.3 Å². The van der Waals surface area contributed by atoms with Crippen molar-refractivity contribution >= 4 is 33.2 Å². The molecule has 1 aromatic carbocycles. The van der Waals surface area contributed by atoms with Gasteiger partial charge in [0.05, 0.1) is 19.0 Å². The molecule has 0 heterocycles. The molecule has 0 spiro atoms. The van der Waals surface area contributed by atoms with E-state index in [1.165, 1.54) is 19.3 Å². The Hall–Kier alpha value is -2.48. The first kappa shape index (κ1) is 31.7. The molecule has 0 fully saturated rings. The summed E-state index contributed by atoms with van der Waals surface area (Å²) in [5, 5.41) is 11.0. The van der Waals surface area contributed by atoms with Crippen molar-refractivity contribution in [2.24, 2.45) is 11.8 Å². The number of carbonyl (C=O) groups excluding carboxylic acids is 2. The third-order valence-electron chi connectivity index (χ3n) is 6.41. The third-order valence-corrected chi connectivity index (χ3v) is 8.37. The number of halogens is 1. The van der Waals surface area contributed by atoms with Crippen LogP contribution in [0.25, 0.3) is 0 Å². The minimum Gasteiger partial charge on any atom is -0.466 e. The van der Waals surface area contributed by atoms with Gasteiger partial charge in [0.15, 0.2) is 9.84 Å². The molecule has 0 amide bonds. The highest BCUT2D eigenvalue weighted by Crippen LogP contribution is 2.33. The van der Waals surface area contributed by atoms with E-state index in [-0.39, 0.29) is 10.7 Å². The Bertz CT molecular complexity index is 1160. The number of rotatable bonds is 15. The molecule has 0 aromatic heterocycles. The first-order chi connectivity index (χ1) is 18.1. The molecule has 0 bridgehead atoms. The van der Waals surface area contributed by atoms with Gasteiger partial charge >= 0.3 is 5.97 Å². The van der Waals surface area contributed by atoms with E-state index in [2.05, 4.69) is 18.6 Å². The predicted molar refractivity (Wildman–Crippen MR) is 152 cm³/mol. The number of aliphatic hydroxyl groups is 1. The van der Waals surface area contributed by atoms with Gasteiger partial charge in [-0.1, -0.05) is 87.2 Å². The Balaban J connectivity index is 2.21. The predicted octanol–water partition coefficient (Wildman–Crippen LogP) is 6.30. The molecule has 3 atom stereocenters. The second kappa shape index (κ2) is 15.8. The number of unbranched alkanes of at least 4 members (excludes halogenated alkanes) is 3. The number of allylic oxidation sites excluding steroid dienone is 6. The van der Waals surface area contributed by atoms with Gasteiger partial charge in [0.25, 0.3) is 0 Å². The highest BCUT2D eigenvalue weighted by atomic mass is 35.5. The van der Waals surface area contributed by atoms with Gasteiger partial charge in [-0.25, -0.2) is 13.2 Å². The second-order valence-corrected chi connectivity index (χ2v) is 12.1. The van der Waals surface area contributed by atoms with E-state index in [4.69, 9.17) is 11.6 Å². The highest BCUT2D eigenvalue weighted by Gasteiger charge is 2.36. The van der Waals surface area contributed by atoms with Crippen LogP contribution < -0.4 is 0 Å². The summed E-state index contributed by atoms with van der Waals surface area (Å²) >= 11 is 5.91. The second-order valence-electron chi connectivity index (χ2n) is 9.72. The molecule has 1 N–H and O–H groups in total. The van der Waals surface area contributed by atoms with Gasteiger partial charge in [0, 0.05) is 22.6 Å². The van der Waals surface area contributed by atoms with Crippen LogP contribution in [0.1, 0.15) is 64.4 Å². The van der Waals surface area contributed by atoms with Crippen LogP contribution in [0.5, 0.6) is 0 Å². The summed E-state index contributed by atoms with van der Waals surface area (Å²) in [5.74, 6) is -1.42. The number of Topliss-reactive ketones (excluding diaryl/α,β-unsaturated/α-hetero) is 1. The Morgan fingerprint density at radius 1 is 1.18 bits per heavy atom. The van der Waals surface area contributed by atoms with E-state index >= 15 is 0 Å². The summed E-state index contributed by atoms with van der Waals surface area (Å²) in [6.45, 7) is 4.24. The van der Waals surface area contributed by atoms with Gasteiger partial charge in [-0.3, -0.25) is 4.79 Å². The quantitative estimate of drug-likeness (QED) is 0.117. The van der Waals surface area contributed by atoms with Crippen molar-refractivity contribution in [3.8, 4) is 0 Å². The maximum absolute atomic E-state index is 13.3. The van der Waals surface area contributed by atoms with Gasteiger partial charge in [0.1, 0.15) is 4.91 Å². The number of ketones is 1. The number of methoxy groups -OCH3 is 1. The van der Waals surface area contributed by atoms with Gasteiger partial charge in [-0.05, 0) is 49.3 Å². The molecule has 1 aliphatic carbocycles. The van der Waals surface area contributed by atoms with Gasteiger partial charge in [0.2, 0.25) is 5.78 Å². The van der Waals surface area contributed by atoms with Crippen molar-refractivity contribution in [3.05, 3.63) is 81.8 Å². The molecule has 8 heteroatoms. The number of esters is 1. The van der Waals surface area contributed by atoms with Gasteiger partial charge in [-0.2, -0.15) is 0 Å². The van der Waals surface area contributed by atoms with Gasteiger partial charge < -0.3 is 9.84 Å². The number of sulfone groups is 1. The molecule has 208 valence electrons. The summed E-state index contributed by atoms with van der Waals surface area (Å²) < 4.78 is 31.0. The number of aliphatic hydroxyl groups excluding tert-OH is 1. The zero-order chi connectivity index (χ0) is 28.1. The van der Waals surface area contributed by atoms with Crippen molar-refractivity contribution < 1.29 is 27.9 Å². The number of benzene rings is 1. The fraction of sp³-hybridized carbons (Fsp3) is 0.467. The maximum atomic E-state index is 13.3. The largest absolute Gasteiger partial charge is 0.466 e. The van der Waals surface area contributed by atoms with Crippen LogP contribution in [0.3, 0.4) is 0 Å². The fourth-order valence-corrected chi connectivity index (χ4v) is 5.95. The van der Waals surface area contributed by atoms with E-state index in [0.29, 0.717) is 47.8 Å². The average Bonchev–Trinajstić information content (AvgIpc) is 3.20. The lowest BCUT2D eigenvalue weighted by atomic mass is 9.95. The average molecular weight is 563 g/mol. The van der Waals surface area contributed by atoms with Crippen LogP contribution in [0.2, 0.25) is 5.02 Å². The summed E-state index contributed by atoms with van der Waals surface area (Å²) in [7, 11) is -2.58. The van der Waals surface area contributed by atoms with Crippen molar-refractivity contribution in [2.45, 2.75) is 70.7 Å². The molecule has 0 aliphatic heterocycles. The minimum atomic E-state index is -3.89. The Morgan fingerprint density at radius 2 is 1.89 bits per heavy atom. The summed E-state index contributed by atoms with van der Waals surface area (Å²) in [4.78, 5) is 24.3. The summed E-state index contributed by atoms with van der Waals surface area (Å²) in [6, 6.07) is 6.50. The molecule has 0 saturated carbocycles. The molecule has 2 rings (SSSR count). The van der Waals surface area contributed by atoms with Gasteiger partial charge in [-0.15, -0.1) is 0 Å². The maximum Gasteiger partial charge on any atom is 0.330 e. The number of hydrogen-bond acceptors (Lipinski definition) is 6. The van der Waals surface area contributed by atoms with E-state index in [9.17, 15) is 23.1 Å². The monoisotopic (exact) mass is 562 g/mol. The normalized spacial score (nSPS) is 18.9. The number of carbonyl (C=O) groups is 2.